The van der Waals surface area contributed by atoms with E-state index >= 15 is 0 Å². The van der Waals surface area contributed by atoms with Gasteiger partial charge in [-0.2, -0.15) is 0 Å². The quantitative estimate of drug-likeness (QED) is 0.815. The number of hydrogen-bond donors (Lipinski definition) is 1. The average Bonchev–Trinajstić information content (AvgIpc) is 2.42. The second-order valence-corrected chi connectivity index (χ2v) is 4.45. The second kappa shape index (κ2) is 7.12. The van der Waals surface area contributed by atoms with Gasteiger partial charge in [0.05, 0.1) is 0 Å². The molecule has 0 saturated carbocycles. The number of ether oxygens (including phenoxy) is 1. The molecule has 0 aromatic heterocycles. The van der Waals surface area contributed by atoms with Crippen molar-refractivity contribution in [1.82, 2.24) is 5.32 Å². The average molecular weight is 280 g/mol. The zero-order valence-corrected chi connectivity index (χ0v) is 11.2. The summed E-state index contributed by atoms with van der Waals surface area (Å²) in [5.41, 5.74) is 0.490. The first kappa shape index (κ1) is 13.8. The van der Waals surface area contributed by atoms with Crippen molar-refractivity contribution in [2.45, 2.75) is 6.54 Å². The number of halogens is 2. The number of nitrogens with one attached hydrogen (secondary N) is 1. The lowest BCUT2D eigenvalue weighted by molar-refractivity contribution is 0.313. The summed E-state index contributed by atoms with van der Waals surface area (Å²) >= 11 is 5.93. The van der Waals surface area contributed by atoms with Crippen molar-refractivity contribution < 1.29 is 9.13 Å². The van der Waals surface area contributed by atoms with Crippen LogP contribution in [-0.2, 0) is 6.54 Å². The molecule has 0 bridgehead atoms. The Labute approximate surface area is 117 Å². The maximum atomic E-state index is 13.5. The van der Waals surface area contributed by atoms with Crippen molar-refractivity contribution in [1.29, 1.82) is 0 Å². The topological polar surface area (TPSA) is 21.3 Å². The van der Waals surface area contributed by atoms with Gasteiger partial charge in [-0.1, -0.05) is 35.9 Å². The van der Waals surface area contributed by atoms with Gasteiger partial charge in [-0.05, 0) is 24.3 Å². The molecule has 0 unspecified atom stereocenters. The van der Waals surface area contributed by atoms with Crippen LogP contribution in [0.15, 0.2) is 48.5 Å². The van der Waals surface area contributed by atoms with E-state index in [0.717, 1.165) is 5.75 Å². The molecule has 2 aromatic carbocycles. The molecule has 0 saturated heterocycles. The van der Waals surface area contributed by atoms with Gasteiger partial charge in [-0.15, -0.1) is 0 Å². The van der Waals surface area contributed by atoms with Gasteiger partial charge in [-0.25, -0.2) is 4.39 Å². The maximum Gasteiger partial charge on any atom is 0.129 e. The van der Waals surface area contributed by atoms with Crippen LogP contribution < -0.4 is 10.1 Å². The van der Waals surface area contributed by atoms with Crippen LogP contribution in [0, 0.1) is 5.82 Å². The molecule has 0 aliphatic rings. The Hall–Kier alpha value is -1.58. The van der Waals surface area contributed by atoms with Gasteiger partial charge in [0, 0.05) is 23.7 Å². The van der Waals surface area contributed by atoms with Crippen molar-refractivity contribution in [3.05, 3.63) is 64.9 Å². The molecule has 0 aliphatic heterocycles. The largest absolute Gasteiger partial charge is 0.492 e. The molecule has 0 aliphatic carbocycles. The Morgan fingerprint density at radius 2 is 1.84 bits per heavy atom. The fraction of sp³-hybridized carbons (Fsp3) is 0.200. The lowest BCUT2D eigenvalue weighted by Gasteiger charge is -2.09. The molecule has 4 heteroatoms. The number of benzene rings is 2. The third-order valence-electron chi connectivity index (χ3n) is 2.65. The van der Waals surface area contributed by atoms with Crippen LogP contribution >= 0.6 is 11.6 Å². The lowest BCUT2D eigenvalue weighted by Crippen LogP contribution is -2.21. The molecule has 0 heterocycles. The van der Waals surface area contributed by atoms with Gasteiger partial charge >= 0.3 is 0 Å². The Kier molecular flexibility index (Phi) is 5.19. The molecular formula is C15H15ClFNO. The normalized spacial score (nSPS) is 10.4. The van der Waals surface area contributed by atoms with Crippen LogP contribution in [0.4, 0.5) is 4.39 Å². The smallest absolute Gasteiger partial charge is 0.129 e. The number of rotatable bonds is 6. The minimum atomic E-state index is -0.288. The van der Waals surface area contributed by atoms with Crippen molar-refractivity contribution in [3.8, 4) is 5.75 Å². The van der Waals surface area contributed by atoms with E-state index < -0.39 is 0 Å². The van der Waals surface area contributed by atoms with Crippen molar-refractivity contribution in [2.24, 2.45) is 0 Å². The van der Waals surface area contributed by atoms with Crippen molar-refractivity contribution in [3.63, 3.8) is 0 Å². The Morgan fingerprint density at radius 3 is 2.58 bits per heavy atom. The van der Waals surface area contributed by atoms with Gasteiger partial charge in [0.25, 0.3) is 0 Å². The summed E-state index contributed by atoms with van der Waals surface area (Å²) in [5, 5.41) is 3.55. The second-order valence-electron chi connectivity index (χ2n) is 4.04. The maximum absolute atomic E-state index is 13.5. The lowest BCUT2D eigenvalue weighted by atomic mass is 10.2. The molecular weight excluding hydrogens is 265 g/mol. The summed E-state index contributed by atoms with van der Waals surface area (Å²) in [5.74, 6) is 0.539. The zero-order valence-electron chi connectivity index (χ0n) is 10.4. The van der Waals surface area contributed by atoms with E-state index in [4.69, 9.17) is 16.3 Å². The van der Waals surface area contributed by atoms with E-state index in [1.165, 1.54) is 6.07 Å². The molecule has 0 fully saturated rings. The highest BCUT2D eigenvalue weighted by molar-refractivity contribution is 6.31. The van der Waals surface area contributed by atoms with E-state index in [0.29, 0.717) is 30.3 Å². The molecule has 1 N–H and O–H groups in total. The van der Waals surface area contributed by atoms with Crippen LogP contribution in [0.3, 0.4) is 0 Å². The summed E-state index contributed by atoms with van der Waals surface area (Å²) in [7, 11) is 0. The minimum absolute atomic E-state index is 0.288. The zero-order chi connectivity index (χ0) is 13.5. The predicted molar refractivity (Wildman–Crippen MR) is 75.1 cm³/mol. The molecule has 0 amide bonds. The Balaban J connectivity index is 1.73. The van der Waals surface area contributed by atoms with E-state index in [9.17, 15) is 4.39 Å². The highest BCUT2D eigenvalue weighted by atomic mass is 35.5. The third kappa shape index (κ3) is 4.23. The number of para-hydroxylation sites is 1. The molecule has 100 valence electrons. The first-order chi connectivity index (χ1) is 9.27. The van der Waals surface area contributed by atoms with E-state index in [2.05, 4.69) is 5.32 Å². The van der Waals surface area contributed by atoms with E-state index in [1.54, 1.807) is 12.1 Å². The molecule has 2 aromatic rings. The van der Waals surface area contributed by atoms with Gasteiger partial charge in [0.1, 0.15) is 18.2 Å². The van der Waals surface area contributed by atoms with Crippen LogP contribution in [0.1, 0.15) is 5.56 Å². The first-order valence-corrected chi connectivity index (χ1v) is 6.46. The van der Waals surface area contributed by atoms with Crippen LogP contribution in [0.2, 0.25) is 5.02 Å². The molecule has 19 heavy (non-hydrogen) atoms. The predicted octanol–water partition coefficient (Wildman–Crippen LogP) is 3.65. The highest BCUT2D eigenvalue weighted by Crippen LogP contribution is 2.18. The monoisotopic (exact) mass is 279 g/mol. The standard InChI is InChI=1S/C15H15ClFNO/c16-14-7-4-8-15(17)13(14)11-18-9-10-19-12-5-2-1-3-6-12/h1-8,18H,9-11H2. The van der Waals surface area contributed by atoms with Gasteiger partial charge < -0.3 is 10.1 Å². The third-order valence-corrected chi connectivity index (χ3v) is 3.01. The summed E-state index contributed by atoms with van der Waals surface area (Å²) in [6.07, 6.45) is 0. The van der Waals surface area contributed by atoms with E-state index in [-0.39, 0.29) is 5.82 Å². The molecule has 0 atom stereocenters. The molecule has 2 nitrogen and oxygen atoms in total. The minimum Gasteiger partial charge on any atom is -0.492 e. The summed E-state index contributed by atoms with van der Waals surface area (Å²) in [6.45, 7) is 1.54. The first-order valence-electron chi connectivity index (χ1n) is 6.09. The number of hydrogen-bond acceptors (Lipinski definition) is 2. The molecule has 0 spiro atoms. The molecule has 0 radical (unpaired) electrons. The fourth-order valence-corrected chi connectivity index (χ4v) is 1.90. The fourth-order valence-electron chi connectivity index (χ4n) is 1.67. The van der Waals surface area contributed by atoms with Crippen LogP contribution in [0.25, 0.3) is 0 Å². The van der Waals surface area contributed by atoms with Crippen LogP contribution in [-0.4, -0.2) is 13.2 Å². The van der Waals surface area contributed by atoms with Gasteiger partial charge in [-0.3, -0.25) is 0 Å². The SMILES string of the molecule is Fc1cccc(Cl)c1CNCCOc1ccccc1. The summed E-state index contributed by atoms with van der Waals surface area (Å²) in [6, 6.07) is 14.3. The van der Waals surface area contributed by atoms with Gasteiger partial charge in [0.15, 0.2) is 0 Å². The van der Waals surface area contributed by atoms with Gasteiger partial charge in [0.2, 0.25) is 0 Å². The summed E-state index contributed by atoms with van der Waals surface area (Å²) in [4.78, 5) is 0. The summed E-state index contributed by atoms with van der Waals surface area (Å²) < 4.78 is 19.0. The Morgan fingerprint density at radius 1 is 1.05 bits per heavy atom. The van der Waals surface area contributed by atoms with E-state index in [1.807, 2.05) is 30.3 Å². The molecule has 2 rings (SSSR count). The highest BCUT2D eigenvalue weighted by Gasteiger charge is 2.05. The van der Waals surface area contributed by atoms with Crippen LogP contribution in [0.5, 0.6) is 5.75 Å². The van der Waals surface area contributed by atoms with Crippen molar-refractivity contribution in [2.75, 3.05) is 13.2 Å². The van der Waals surface area contributed by atoms with Crippen molar-refractivity contribution >= 4 is 11.6 Å². The Bertz CT molecular complexity index is 499.